The average molecular weight is 218 g/mol. The van der Waals surface area contributed by atoms with Crippen molar-refractivity contribution in [3.05, 3.63) is 23.8 Å². The van der Waals surface area contributed by atoms with E-state index in [1.54, 1.807) is 0 Å². The number of carbonyl (C=O) groups is 1. The lowest BCUT2D eigenvalue weighted by Crippen LogP contribution is -2.27. The van der Waals surface area contributed by atoms with E-state index in [1.165, 1.54) is 0 Å². The number of nitrogens with one attached hydrogen (secondary N) is 2. The topological polar surface area (TPSA) is 41.1 Å². The Bertz CT molecular complexity index is 412. The van der Waals surface area contributed by atoms with Gasteiger partial charge in [-0.05, 0) is 24.5 Å². The van der Waals surface area contributed by atoms with Crippen LogP contribution in [0.3, 0.4) is 0 Å². The van der Waals surface area contributed by atoms with Gasteiger partial charge in [0.1, 0.15) is 0 Å². The zero-order valence-corrected chi connectivity index (χ0v) is 10.0. The quantitative estimate of drug-likeness (QED) is 0.761. The predicted octanol–water partition coefficient (Wildman–Crippen LogP) is 2.77. The van der Waals surface area contributed by atoms with E-state index < -0.39 is 0 Å². The van der Waals surface area contributed by atoms with Crippen molar-refractivity contribution in [1.29, 1.82) is 0 Å². The summed E-state index contributed by atoms with van der Waals surface area (Å²) in [6.45, 7) is 6.27. The van der Waals surface area contributed by atoms with Gasteiger partial charge in [-0.25, -0.2) is 0 Å². The summed E-state index contributed by atoms with van der Waals surface area (Å²) in [5, 5.41) is 6.42. The van der Waals surface area contributed by atoms with Crippen LogP contribution < -0.4 is 10.6 Å². The number of anilines is 2. The molecule has 0 saturated carbocycles. The summed E-state index contributed by atoms with van der Waals surface area (Å²) in [6, 6.07) is 6.25. The van der Waals surface area contributed by atoms with Gasteiger partial charge in [-0.15, -0.1) is 0 Å². The minimum Gasteiger partial charge on any atom is -0.380 e. The van der Waals surface area contributed by atoms with Crippen LogP contribution in [0.15, 0.2) is 18.2 Å². The second kappa shape index (κ2) is 4.16. The number of hydrogen-bond acceptors (Lipinski definition) is 2. The lowest BCUT2D eigenvalue weighted by molar-refractivity contribution is -0.116. The number of amides is 1. The van der Waals surface area contributed by atoms with Gasteiger partial charge in [0.2, 0.25) is 5.91 Å². The minimum absolute atomic E-state index is 0.0965. The molecule has 0 saturated heterocycles. The van der Waals surface area contributed by atoms with E-state index in [-0.39, 0.29) is 11.9 Å². The van der Waals surface area contributed by atoms with Crippen LogP contribution in [0, 0.1) is 12.8 Å². The van der Waals surface area contributed by atoms with Crippen LogP contribution in [0.25, 0.3) is 0 Å². The summed E-state index contributed by atoms with van der Waals surface area (Å²) in [5.74, 6) is 0.538. The molecule has 3 nitrogen and oxygen atoms in total. The summed E-state index contributed by atoms with van der Waals surface area (Å²) >= 11 is 0. The van der Waals surface area contributed by atoms with Gasteiger partial charge in [-0.3, -0.25) is 4.79 Å². The minimum atomic E-state index is 0.0965. The Balaban J connectivity index is 2.39. The lowest BCUT2D eigenvalue weighted by atomic mass is 10.0. The predicted molar refractivity (Wildman–Crippen MR) is 66.7 cm³/mol. The number of carbonyl (C=O) groups excluding carboxylic acids is 1. The van der Waals surface area contributed by atoms with Crippen LogP contribution in [0.2, 0.25) is 0 Å². The molecule has 1 aromatic rings. The lowest BCUT2D eigenvalue weighted by Gasteiger charge is -2.20. The number of benzene rings is 1. The van der Waals surface area contributed by atoms with Gasteiger partial charge >= 0.3 is 0 Å². The van der Waals surface area contributed by atoms with Crippen molar-refractivity contribution in [1.82, 2.24) is 0 Å². The highest BCUT2D eigenvalue weighted by Gasteiger charge is 2.23. The first-order valence-corrected chi connectivity index (χ1v) is 5.74. The number of aryl methyl sites for hydroxylation is 1. The van der Waals surface area contributed by atoms with Gasteiger partial charge in [-0.1, -0.05) is 26.0 Å². The monoisotopic (exact) mass is 218 g/mol. The molecule has 1 heterocycles. The fourth-order valence-corrected chi connectivity index (χ4v) is 2.00. The van der Waals surface area contributed by atoms with Gasteiger partial charge < -0.3 is 10.6 Å². The summed E-state index contributed by atoms with van der Waals surface area (Å²) in [4.78, 5) is 11.8. The Morgan fingerprint density at radius 2 is 2.12 bits per heavy atom. The van der Waals surface area contributed by atoms with Crippen LogP contribution in [0.4, 0.5) is 11.4 Å². The number of hydrogen-bond donors (Lipinski definition) is 2. The summed E-state index contributed by atoms with van der Waals surface area (Å²) in [7, 11) is 0. The highest BCUT2D eigenvalue weighted by molar-refractivity contribution is 5.97. The van der Waals surface area contributed by atoms with E-state index in [4.69, 9.17) is 0 Å². The molecule has 0 spiro atoms. The standard InChI is InChI=1S/C13H18N2O/c1-8(2)11-7-12(16)15-13-9(3)5-4-6-10(13)14-11/h4-6,8,11,14H,7H2,1-3H3,(H,15,16). The molecule has 0 radical (unpaired) electrons. The zero-order valence-electron chi connectivity index (χ0n) is 10.0. The molecule has 2 N–H and O–H groups in total. The van der Waals surface area contributed by atoms with E-state index in [0.29, 0.717) is 12.3 Å². The number of para-hydroxylation sites is 1. The molecule has 0 aromatic heterocycles. The summed E-state index contributed by atoms with van der Waals surface area (Å²) < 4.78 is 0. The Morgan fingerprint density at radius 3 is 2.81 bits per heavy atom. The number of rotatable bonds is 1. The Labute approximate surface area is 96.2 Å². The maximum atomic E-state index is 11.8. The van der Waals surface area contributed by atoms with E-state index >= 15 is 0 Å². The van der Waals surface area contributed by atoms with E-state index in [9.17, 15) is 4.79 Å². The van der Waals surface area contributed by atoms with Crippen molar-refractivity contribution in [3.63, 3.8) is 0 Å². The highest BCUT2D eigenvalue weighted by atomic mass is 16.1. The molecule has 1 amide bonds. The van der Waals surface area contributed by atoms with Crippen LogP contribution in [-0.4, -0.2) is 11.9 Å². The molecule has 0 bridgehead atoms. The van der Waals surface area contributed by atoms with Crippen LogP contribution in [0.1, 0.15) is 25.8 Å². The molecule has 1 atom stereocenters. The van der Waals surface area contributed by atoms with Gasteiger partial charge in [0.25, 0.3) is 0 Å². The molecular formula is C13H18N2O. The zero-order chi connectivity index (χ0) is 11.7. The van der Waals surface area contributed by atoms with E-state index in [2.05, 4.69) is 24.5 Å². The third-order valence-corrected chi connectivity index (χ3v) is 3.09. The molecule has 1 unspecified atom stereocenters. The van der Waals surface area contributed by atoms with Crippen molar-refractivity contribution in [2.75, 3.05) is 10.6 Å². The molecule has 0 aliphatic carbocycles. The molecule has 16 heavy (non-hydrogen) atoms. The third kappa shape index (κ3) is 2.03. The summed E-state index contributed by atoms with van der Waals surface area (Å²) in [5.41, 5.74) is 3.06. The Kier molecular flexibility index (Phi) is 2.86. The number of fused-ring (bicyclic) bond motifs is 1. The van der Waals surface area contributed by atoms with E-state index in [0.717, 1.165) is 16.9 Å². The second-order valence-corrected chi connectivity index (χ2v) is 4.74. The molecule has 1 aromatic carbocycles. The summed E-state index contributed by atoms with van der Waals surface area (Å²) in [6.07, 6.45) is 0.534. The molecule has 2 rings (SSSR count). The maximum absolute atomic E-state index is 11.8. The molecule has 3 heteroatoms. The van der Waals surface area contributed by atoms with Crippen LogP contribution in [-0.2, 0) is 4.79 Å². The Hall–Kier alpha value is -1.51. The fourth-order valence-electron chi connectivity index (χ4n) is 2.00. The van der Waals surface area contributed by atoms with Gasteiger partial charge in [0, 0.05) is 12.5 Å². The normalized spacial score (nSPS) is 19.8. The van der Waals surface area contributed by atoms with Crippen molar-refractivity contribution < 1.29 is 4.79 Å². The SMILES string of the molecule is Cc1cccc2c1NC(=O)CC(C(C)C)N2. The third-order valence-electron chi connectivity index (χ3n) is 3.09. The second-order valence-electron chi connectivity index (χ2n) is 4.74. The van der Waals surface area contributed by atoms with Crippen molar-refractivity contribution >= 4 is 17.3 Å². The first-order valence-electron chi connectivity index (χ1n) is 5.74. The molecular weight excluding hydrogens is 200 g/mol. The van der Waals surface area contributed by atoms with Gasteiger partial charge in [-0.2, -0.15) is 0 Å². The van der Waals surface area contributed by atoms with Crippen molar-refractivity contribution in [2.45, 2.75) is 33.2 Å². The molecule has 86 valence electrons. The average Bonchev–Trinajstić information content (AvgIpc) is 2.38. The molecule has 0 fully saturated rings. The van der Waals surface area contributed by atoms with Crippen molar-refractivity contribution in [2.24, 2.45) is 5.92 Å². The van der Waals surface area contributed by atoms with Gasteiger partial charge in [0.05, 0.1) is 11.4 Å². The van der Waals surface area contributed by atoms with Crippen LogP contribution >= 0.6 is 0 Å². The first-order chi connectivity index (χ1) is 7.58. The Morgan fingerprint density at radius 1 is 1.38 bits per heavy atom. The first kappa shape index (κ1) is 11.0. The van der Waals surface area contributed by atoms with Gasteiger partial charge in [0.15, 0.2) is 0 Å². The fraction of sp³-hybridized carbons (Fsp3) is 0.462. The highest BCUT2D eigenvalue weighted by Crippen LogP contribution is 2.30. The molecule has 1 aliphatic heterocycles. The largest absolute Gasteiger partial charge is 0.380 e. The van der Waals surface area contributed by atoms with Crippen molar-refractivity contribution in [3.8, 4) is 0 Å². The smallest absolute Gasteiger partial charge is 0.226 e. The maximum Gasteiger partial charge on any atom is 0.226 e. The van der Waals surface area contributed by atoms with Crippen LogP contribution in [0.5, 0.6) is 0 Å². The molecule has 1 aliphatic rings. The van der Waals surface area contributed by atoms with E-state index in [1.807, 2.05) is 25.1 Å².